The van der Waals surface area contributed by atoms with E-state index >= 15 is 0 Å². The summed E-state index contributed by atoms with van der Waals surface area (Å²) in [4.78, 5) is 39.2. The van der Waals surface area contributed by atoms with Gasteiger partial charge in [0.25, 0.3) is 0 Å². The van der Waals surface area contributed by atoms with Gasteiger partial charge in [-0.1, -0.05) is 18.2 Å². The fraction of sp³-hybridized carbons (Fsp3) is 0.125. The number of hydrogen-bond acceptors (Lipinski definition) is 5. The Morgan fingerprint density at radius 1 is 1.09 bits per heavy atom. The Balaban J connectivity index is 1.99. The van der Waals surface area contributed by atoms with Crippen molar-refractivity contribution < 1.29 is 19.1 Å². The van der Waals surface area contributed by atoms with Crippen LogP contribution in [0.25, 0.3) is 0 Å². The number of ether oxygens (including phenoxy) is 1. The number of aromatic nitrogens is 1. The first-order chi connectivity index (χ1) is 11.1. The summed E-state index contributed by atoms with van der Waals surface area (Å²) in [7, 11) is 1.24. The molecule has 0 saturated carbocycles. The minimum atomic E-state index is -0.870. The van der Waals surface area contributed by atoms with Crippen molar-refractivity contribution in [1.29, 1.82) is 0 Å². The predicted octanol–water partition coefficient (Wildman–Crippen LogP) is 1.12. The molecule has 7 heteroatoms. The van der Waals surface area contributed by atoms with E-state index in [1.54, 1.807) is 36.7 Å². The van der Waals surface area contributed by atoms with E-state index in [0.29, 0.717) is 0 Å². The van der Waals surface area contributed by atoms with Crippen molar-refractivity contribution in [3.63, 3.8) is 0 Å². The van der Waals surface area contributed by atoms with Crippen LogP contribution in [0.4, 0.5) is 5.69 Å². The normalized spacial score (nSPS) is 9.78. The number of benzene rings is 1. The van der Waals surface area contributed by atoms with Gasteiger partial charge in [-0.05, 0) is 23.8 Å². The first-order valence-corrected chi connectivity index (χ1v) is 6.77. The number of amides is 2. The summed E-state index contributed by atoms with van der Waals surface area (Å²) in [5.74, 6) is -2.28. The lowest BCUT2D eigenvalue weighted by Crippen LogP contribution is -2.35. The lowest BCUT2D eigenvalue weighted by atomic mass is 10.2. The predicted molar refractivity (Wildman–Crippen MR) is 82.5 cm³/mol. The lowest BCUT2D eigenvalue weighted by molar-refractivity contribution is -0.136. The lowest BCUT2D eigenvalue weighted by Gasteiger charge is -2.09. The van der Waals surface area contributed by atoms with Crippen LogP contribution in [0.5, 0.6) is 0 Å². The van der Waals surface area contributed by atoms with Crippen LogP contribution in [0.2, 0.25) is 0 Å². The maximum absolute atomic E-state index is 11.9. The summed E-state index contributed by atoms with van der Waals surface area (Å²) >= 11 is 0. The molecule has 0 bridgehead atoms. The highest BCUT2D eigenvalue weighted by Gasteiger charge is 2.17. The van der Waals surface area contributed by atoms with Crippen LogP contribution in [0.1, 0.15) is 15.9 Å². The molecule has 23 heavy (non-hydrogen) atoms. The third-order valence-electron chi connectivity index (χ3n) is 2.96. The number of esters is 1. The standard InChI is InChI=1S/C16H15N3O4/c1-23-16(22)12-6-2-3-7-13(12)19-15(21)14(20)18-10-11-5-4-8-17-9-11/h2-9H,10H2,1H3,(H,18,20)(H,19,21). The minimum Gasteiger partial charge on any atom is -0.465 e. The van der Waals surface area contributed by atoms with Crippen LogP contribution in [0.3, 0.4) is 0 Å². The highest BCUT2D eigenvalue weighted by molar-refractivity contribution is 6.39. The fourth-order valence-corrected chi connectivity index (χ4v) is 1.82. The van der Waals surface area contributed by atoms with Crippen LogP contribution >= 0.6 is 0 Å². The molecule has 0 unspecified atom stereocenters. The molecular formula is C16H15N3O4. The van der Waals surface area contributed by atoms with E-state index in [2.05, 4.69) is 20.4 Å². The second-order valence-corrected chi connectivity index (χ2v) is 4.54. The number of pyridine rings is 1. The van der Waals surface area contributed by atoms with E-state index in [9.17, 15) is 14.4 Å². The summed E-state index contributed by atoms with van der Waals surface area (Å²) in [6.45, 7) is 0.179. The van der Waals surface area contributed by atoms with Crippen LogP contribution in [-0.4, -0.2) is 29.9 Å². The first kappa shape index (κ1) is 16.2. The Hall–Kier alpha value is -3.22. The van der Waals surface area contributed by atoms with Gasteiger partial charge in [0.15, 0.2) is 0 Å². The van der Waals surface area contributed by atoms with E-state index < -0.39 is 17.8 Å². The number of carbonyl (C=O) groups is 3. The number of rotatable bonds is 4. The summed E-state index contributed by atoms with van der Waals surface area (Å²) in [6.07, 6.45) is 3.20. The van der Waals surface area contributed by atoms with E-state index in [1.807, 2.05) is 0 Å². The smallest absolute Gasteiger partial charge is 0.339 e. The molecule has 0 spiro atoms. The number of anilines is 1. The molecule has 1 aromatic heterocycles. The summed E-state index contributed by atoms with van der Waals surface area (Å²) in [5, 5.41) is 4.87. The van der Waals surface area contributed by atoms with Gasteiger partial charge in [0.1, 0.15) is 0 Å². The third kappa shape index (κ3) is 4.37. The largest absolute Gasteiger partial charge is 0.465 e. The Labute approximate surface area is 132 Å². The Kier molecular flexibility index (Phi) is 5.40. The molecule has 118 valence electrons. The summed E-state index contributed by atoms with van der Waals surface area (Å²) < 4.78 is 4.63. The van der Waals surface area contributed by atoms with Crippen LogP contribution < -0.4 is 10.6 Å². The monoisotopic (exact) mass is 313 g/mol. The van der Waals surface area contributed by atoms with Crippen LogP contribution in [0, 0.1) is 0 Å². The fourth-order valence-electron chi connectivity index (χ4n) is 1.82. The molecule has 0 aliphatic carbocycles. The Bertz CT molecular complexity index is 716. The zero-order valence-corrected chi connectivity index (χ0v) is 12.4. The molecule has 2 aromatic rings. The molecule has 0 saturated heterocycles. The number of hydrogen-bond donors (Lipinski definition) is 2. The van der Waals surface area contributed by atoms with Gasteiger partial charge in [-0.25, -0.2) is 4.79 Å². The second-order valence-electron chi connectivity index (χ2n) is 4.54. The van der Waals surface area contributed by atoms with E-state index in [-0.39, 0.29) is 17.8 Å². The van der Waals surface area contributed by atoms with E-state index in [0.717, 1.165) is 5.56 Å². The van der Waals surface area contributed by atoms with E-state index in [4.69, 9.17) is 0 Å². The second kappa shape index (κ2) is 7.69. The third-order valence-corrected chi connectivity index (χ3v) is 2.96. The van der Waals surface area contributed by atoms with Crippen molar-refractivity contribution in [2.45, 2.75) is 6.54 Å². The Morgan fingerprint density at radius 2 is 1.87 bits per heavy atom. The quantitative estimate of drug-likeness (QED) is 0.651. The van der Waals surface area contributed by atoms with Gasteiger partial charge in [-0.15, -0.1) is 0 Å². The van der Waals surface area contributed by atoms with Crippen molar-refractivity contribution in [3.8, 4) is 0 Å². The zero-order chi connectivity index (χ0) is 16.7. The molecule has 0 fully saturated rings. The molecule has 0 aliphatic heterocycles. The van der Waals surface area contributed by atoms with Crippen molar-refractivity contribution in [2.75, 3.05) is 12.4 Å². The highest BCUT2D eigenvalue weighted by Crippen LogP contribution is 2.15. The van der Waals surface area contributed by atoms with Gasteiger partial charge < -0.3 is 15.4 Å². The van der Waals surface area contributed by atoms with Crippen LogP contribution in [-0.2, 0) is 20.9 Å². The molecule has 2 N–H and O–H groups in total. The van der Waals surface area contributed by atoms with Gasteiger partial charge in [-0.3, -0.25) is 14.6 Å². The van der Waals surface area contributed by atoms with Gasteiger partial charge in [0.05, 0.1) is 18.4 Å². The first-order valence-electron chi connectivity index (χ1n) is 6.77. The topological polar surface area (TPSA) is 97.4 Å². The van der Waals surface area contributed by atoms with Gasteiger partial charge >= 0.3 is 17.8 Å². The zero-order valence-electron chi connectivity index (χ0n) is 12.4. The number of nitrogens with one attached hydrogen (secondary N) is 2. The molecule has 0 aliphatic rings. The van der Waals surface area contributed by atoms with Crippen molar-refractivity contribution in [2.24, 2.45) is 0 Å². The molecule has 7 nitrogen and oxygen atoms in total. The van der Waals surface area contributed by atoms with Crippen molar-refractivity contribution in [1.82, 2.24) is 10.3 Å². The molecule has 1 aromatic carbocycles. The molecule has 0 radical (unpaired) electrons. The Morgan fingerprint density at radius 3 is 2.57 bits per heavy atom. The summed E-state index contributed by atoms with van der Waals surface area (Å²) in [5.41, 5.74) is 1.15. The number of carbonyl (C=O) groups excluding carboxylic acids is 3. The SMILES string of the molecule is COC(=O)c1ccccc1NC(=O)C(=O)NCc1cccnc1. The molecular weight excluding hydrogens is 298 g/mol. The molecule has 2 rings (SSSR count). The average molecular weight is 313 g/mol. The number of para-hydroxylation sites is 1. The maximum atomic E-state index is 11.9. The minimum absolute atomic E-state index is 0.170. The number of methoxy groups -OCH3 is 1. The van der Waals surface area contributed by atoms with Crippen molar-refractivity contribution >= 4 is 23.5 Å². The molecule has 2 amide bonds. The molecule has 0 atom stereocenters. The van der Waals surface area contributed by atoms with E-state index in [1.165, 1.54) is 19.2 Å². The van der Waals surface area contributed by atoms with Crippen molar-refractivity contribution in [3.05, 3.63) is 59.9 Å². The van der Waals surface area contributed by atoms with Gasteiger partial charge in [0, 0.05) is 18.9 Å². The maximum Gasteiger partial charge on any atom is 0.339 e. The van der Waals surface area contributed by atoms with Gasteiger partial charge in [0.2, 0.25) is 0 Å². The highest BCUT2D eigenvalue weighted by atomic mass is 16.5. The van der Waals surface area contributed by atoms with Crippen LogP contribution in [0.15, 0.2) is 48.8 Å². The van der Waals surface area contributed by atoms with Gasteiger partial charge in [-0.2, -0.15) is 0 Å². The number of nitrogens with zero attached hydrogens (tertiary/aromatic N) is 1. The summed E-state index contributed by atoms with van der Waals surface area (Å²) in [6, 6.07) is 9.78. The average Bonchev–Trinajstić information content (AvgIpc) is 2.60. The molecule has 1 heterocycles.